The highest BCUT2D eigenvalue weighted by molar-refractivity contribution is 5.80. The van der Waals surface area contributed by atoms with E-state index in [0.717, 1.165) is 31.2 Å². The second-order valence-electron chi connectivity index (χ2n) is 9.88. The van der Waals surface area contributed by atoms with Crippen LogP contribution in [0.15, 0.2) is 0 Å². The Morgan fingerprint density at radius 3 is 2.57 bits per heavy atom. The molecule has 0 bridgehead atoms. The summed E-state index contributed by atoms with van der Waals surface area (Å²) in [5.74, 6) is 1.85. The van der Waals surface area contributed by atoms with Gasteiger partial charge in [-0.3, -0.25) is 15.5 Å². The smallest absolute Gasteiger partial charge is 0.227 e. The van der Waals surface area contributed by atoms with Crippen molar-refractivity contribution in [2.45, 2.75) is 102 Å². The van der Waals surface area contributed by atoms with Gasteiger partial charge in [0.05, 0.1) is 18.2 Å². The van der Waals surface area contributed by atoms with Crippen molar-refractivity contribution in [3.63, 3.8) is 0 Å². The van der Waals surface area contributed by atoms with E-state index in [2.05, 4.69) is 34.9 Å². The lowest BCUT2D eigenvalue weighted by molar-refractivity contribution is -0.127. The molecule has 2 saturated carbocycles. The summed E-state index contributed by atoms with van der Waals surface area (Å²) >= 11 is 0. The molecule has 4 rings (SSSR count). The molecule has 2 aliphatic carbocycles. The first kappa shape index (κ1) is 20.6. The van der Waals surface area contributed by atoms with Crippen molar-refractivity contribution in [1.29, 1.82) is 0 Å². The van der Waals surface area contributed by atoms with Crippen LogP contribution in [0.25, 0.3) is 0 Å². The SMILES string of the molecule is COC1CCC(C2CCCC(NC(=O)C3CNN4C(C)CC(C)NC34)C2)CC1. The second-order valence-corrected chi connectivity index (χ2v) is 9.88. The average Bonchev–Trinajstić information content (AvgIpc) is 3.12. The van der Waals surface area contributed by atoms with Crippen molar-refractivity contribution in [3.05, 3.63) is 0 Å². The fourth-order valence-electron chi connectivity index (χ4n) is 6.35. The van der Waals surface area contributed by atoms with Gasteiger partial charge in [0.15, 0.2) is 0 Å². The Morgan fingerprint density at radius 2 is 1.82 bits per heavy atom. The van der Waals surface area contributed by atoms with E-state index in [1.54, 1.807) is 0 Å². The van der Waals surface area contributed by atoms with Crippen molar-refractivity contribution in [2.24, 2.45) is 17.8 Å². The topological polar surface area (TPSA) is 65.6 Å². The number of nitrogens with one attached hydrogen (secondary N) is 3. The molecule has 28 heavy (non-hydrogen) atoms. The van der Waals surface area contributed by atoms with Crippen LogP contribution in [-0.2, 0) is 9.53 Å². The largest absolute Gasteiger partial charge is 0.381 e. The lowest BCUT2D eigenvalue weighted by Crippen LogP contribution is -2.61. The van der Waals surface area contributed by atoms with Gasteiger partial charge in [-0.25, -0.2) is 5.01 Å². The third-order valence-corrected chi connectivity index (χ3v) is 7.92. The summed E-state index contributed by atoms with van der Waals surface area (Å²) in [4.78, 5) is 13.1. The Hall–Kier alpha value is -0.690. The molecule has 2 heterocycles. The number of hydrazine groups is 1. The van der Waals surface area contributed by atoms with Gasteiger partial charge in [-0.05, 0) is 70.6 Å². The van der Waals surface area contributed by atoms with Crippen LogP contribution in [0.5, 0.6) is 0 Å². The summed E-state index contributed by atoms with van der Waals surface area (Å²) < 4.78 is 5.54. The summed E-state index contributed by atoms with van der Waals surface area (Å²) in [6.45, 7) is 5.23. The van der Waals surface area contributed by atoms with E-state index < -0.39 is 0 Å². The Labute approximate surface area is 170 Å². The van der Waals surface area contributed by atoms with Crippen LogP contribution in [-0.4, -0.2) is 55.0 Å². The van der Waals surface area contributed by atoms with Gasteiger partial charge in [0.25, 0.3) is 0 Å². The molecule has 2 saturated heterocycles. The molecule has 4 aliphatic rings. The molecule has 4 fully saturated rings. The zero-order valence-corrected chi connectivity index (χ0v) is 18.0. The molecular formula is C22H40N4O2. The number of fused-ring (bicyclic) bond motifs is 1. The molecule has 0 radical (unpaired) electrons. The van der Waals surface area contributed by atoms with Gasteiger partial charge in [-0.1, -0.05) is 12.8 Å². The normalized spacial score (nSPS) is 44.8. The van der Waals surface area contributed by atoms with Crippen molar-refractivity contribution in [1.82, 2.24) is 21.1 Å². The van der Waals surface area contributed by atoms with E-state index >= 15 is 0 Å². The van der Waals surface area contributed by atoms with Crippen LogP contribution < -0.4 is 16.1 Å². The molecule has 2 aliphatic heterocycles. The van der Waals surface area contributed by atoms with Gasteiger partial charge in [0.1, 0.15) is 0 Å². The molecule has 0 aromatic rings. The summed E-state index contributed by atoms with van der Waals surface area (Å²) in [5.41, 5.74) is 3.47. The minimum Gasteiger partial charge on any atom is -0.381 e. The molecule has 0 aromatic heterocycles. The number of carbonyl (C=O) groups is 1. The summed E-state index contributed by atoms with van der Waals surface area (Å²) in [6, 6.07) is 1.30. The predicted octanol–water partition coefficient (Wildman–Crippen LogP) is 2.40. The number of hydrogen-bond donors (Lipinski definition) is 3. The van der Waals surface area contributed by atoms with Gasteiger partial charge in [-0.2, -0.15) is 0 Å². The van der Waals surface area contributed by atoms with E-state index in [9.17, 15) is 4.79 Å². The maximum atomic E-state index is 13.1. The Morgan fingerprint density at radius 1 is 1.04 bits per heavy atom. The van der Waals surface area contributed by atoms with Gasteiger partial charge >= 0.3 is 0 Å². The highest BCUT2D eigenvalue weighted by Gasteiger charge is 2.44. The monoisotopic (exact) mass is 392 g/mol. The van der Waals surface area contributed by atoms with Crippen LogP contribution in [0, 0.1) is 17.8 Å². The van der Waals surface area contributed by atoms with Crippen molar-refractivity contribution in [3.8, 4) is 0 Å². The zero-order valence-electron chi connectivity index (χ0n) is 18.0. The second kappa shape index (κ2) is 8.99. The first-order valence-corrected chi connectivity index (χ1v) is 11.7. The van der Waals surface area contributed by atoms with Gasteiger partial charge in [-0.15, -0.1) is 0 Å². The minimum absolute atomic E-state index is 0.00252. The number of ether oxygens (including phenoxy) is 1. The standard InChI is InChI=1S/C22H40N4O2/c1-14-11-15(2)26-21(24-14)20(13-23-26)22(27)25-18-6-4-5-17(12-18)16-7-9-19(28-3)10-8-16/h14-21,23-24H,4-13H2,1-3H3,(H,25,27). The van der Waals surface area contributed by atoms with E-state index in [1.165, 1.54) is 44.9 Å². The number of amides is 1. The van der Waals surface area contributed by atoms with E-state index in [1.807, 2.05) is 7.11 Å². The lowest BCUT2D eigenvalue weighted by atomic mass is 9.71. The van der Waals surface area contributed by atoms with Gasteiger partial charge in [0.2, 0.25) is 5.91 Å². The Bertz CT molecular complexity index is 537. The number of nitrogens with zero attached hydrogens (tertiary/aromatic N) is 1. The molecular weight excluding hydrogens is 352 g/mol. The van der Waals surface area contributed by atoms with Crippen molar-refractivity contribution < 1.29 is 9.53 Å². The summed E-state index contributed by atoms with van der Waals surface area (Å²) in [7, 11) is 1.85. The van der Waals surface area contributed by atoms with Crippen LogP contribution >= 0.6 is 0 Å². The molecule has 160 valence electrons. The van der Waals surface area contributed by atoms with Crippen LogP contribution in [0.2, 0.25) is 0 Å². The molecule has 6 atom stereocenters. The Balaban J connectivity index is 1.30. The number of methoxy groups -OCH3 is 1. The maximum absolute atomic E-state index is 13.1. The first-order chi connectivity index (χ1) is 13.5. The van der Waals surface area contributed by atoms with E-state index in [-0.39, 0.29) is 18.0 Å². The fraction of sp³-hybridized carbons (Fsp3) is 0.955. The quantitative estimate of drug-likeness (QED) is 0.686. The number of rotatable bonds is 4. The average molecular weight is 393 g/mol. The summed E-state index contributed by atoms with van der Waals surface area (Å²) in [5, 5.41) is 9.35. The maximum Gasteiger partial charge on any atom is 0.227 e. The molecule has 6 heteroatoms. The van der Waals surface area contributed by atoms with Gasteiger partial charge < -0.3 is 10.1 Å². The molecule has 6 unspecified atom stereocenters. The van der Waals surface area contributed by atoms with Crippen LogP contribution in [0.4, 0.5) is 0 Å². The third kappa shape index (κ3) is 4.40. The molecule has 1 amide bonds. The molecule has 0 spiro atoms. The minimum atomic E-state index is 0.00252. The summed E-state index contributed by atoms with van der Waals surface area (Å²) in [6.07, 6.45) is 11.6. The lowest BCUT2D eigenvalue weighted by Gasteiger charge is -2.41. The predicted molar refractivity (Wildman–Crippen MR) is 110 cm³/mol. The van der Waals surface area contributed by atoms with E-state index in [0.29, 0.717) is 24.2 Å². The zero-order chi connectivity index (χ0) is 19.7. The molecule has 0 aromatic carbocycles. The van der Waals surface area contributed by atoms with Gasteiger partial charge in [0, 0.05) is 31.8 Å². The van der Waals surface area contributed by atoms with Crippen LogP contribution in [0.1, 0.15) is 71.6 Å². The molecule has 3 N–H and O–H groups in total. The van der Waals surface area contributed by atoms with Crippen molar-refractivity contribution >= 4 is 5.91 Å². The first-order valence-electron chi connectivity index (χ1n) is 11.7. The Kier molecular flexibility index (Phi) is 6.60. The fourth-order valence-corrected chi connectivity index (χ4v) is 6.35. The highest BCUT2D eigenvalue weighted by atomic mass is 16.5. The van der Waals surface area contributed by atoms with Crippen LogP contribution in [0.3, 0.4) is 0 Å². The molecule has 6 nitrogen and oxygen atoms in total. The number of carbonyl (C=O) groups excluding carboxylic acids is 1. The van der Waals surface area contributed by atoms with Crippen molar-refractivity contribution in [2.75, 3.05) is 13.7 Å². The third-order valence-electron chi connectivity index (χ3n) is 7.92. The van der Waals surface area contributed by atoms with E-state index in [4.69, 9.17) is 4.74 Å². The highest BCUT2D eigenvalue weighted by Crippen LogP contribution is 2.39. The number of hydrogen-bond acceptors (Lipinski definition) is 5.